The fraction of sp³-hybridized carbons (Fsp3) is 0.489. The van der Waals surface area contributed by atoms with Crippen LogP contribution >= 0.6 is 0 Å². The van der Waals surface area contributed by atoms with Gasteiger partial charge in [0.15, 0.2) is 0 Å². The van der Waals surface area contributed by atoms with Crippen molar-refractivity contribution in [2.75, 3.05) is 19.6 Å². The third-order valence-electron chi connectivity index (χ3n) is 11.2. The molecule has 1 heterocycles. The lowest BCUT2D eigenvalue weighted by Gasteiger charge is -2.51. The summed E-state index contributed by atoms with van der Waals surface area (Å²) in [6, 6.07) is 39.7. The predicted octanol–water partition coefficient (Wildman–Crippen LogP) is 11.9. The Hall–Kier alpha value is -3.25. The highest BCUT2D eigenvalue weighted by Crippen LogP contribution is 2.44. The number of nitrogens with zero attached hydrogens (tertiary/aromatic N) is 2. The first kappa shape index (κ1) is 39.9. The van der Waals surface area contributed by atoms with E-state index >= 15 is 0 Å². The van der Waals surface area contributed by atoms with Gasteiger partial charge in [0, 0.05) is 25.7 Å². The molecular formula is C47H64N2O2S. The molecular weight excluding hydrogens is 657 g/mol. The summed E-state index contributed by atoms with van der Waals surface area (Å²) in [5, 5.41) is 0. The fourth-order valence-electron chi connectivity index (χ4n) is 8.38. The third-order valence-corrected chi connectivity index (χ3v) is 13.2. The third kappa shape index (κ3) is 10.5. The molecule has 0 N–H and O–H groups in total. The predicted molar refractivity (Wildman–Crippen MR) is 219 cm³/mol. The summed E-state index contributed by atoms with van der Waals surface area (Å²) in [6.45, 7) is 6.02. The Morgan fingerprint density at radius 2 is 0.942 bits per heavy atom. The Morgan fingerprint density at radius 3 is 1.37 bits per heavy atom. The molecule has 0 aromatic heterocycles. The highest BCUT2D eigenvalue weighted by molar-refractivity contribution is 7.89. The lowest BCUT2D eigenvalue weighted by Crippen LogP contribution is -2.61. The van der Waals surface area contributed by atoms with Crippen LogP contribution in [0.3, 0.4) is 0 Å². The number of hydrogen-bond acceptors (Lipinski definition) is 3. The van der Waals surface area contributed by atoms with Gasteiger partial charge in [-0.15, -0.1) is 0 Å². The zero-order valence-electron chi connectivity index (χ0n) is 32.1. The molecule has 0 radical (unpaired) electrons. The molecule has 1 unspecified atom stereocenters. The van der Waals surface area contributed by atoms with Crippen molar-refractivity contribution >= 4 is 10.0 Å². The van der Waals surface area contributed by atoms with E-state index in [-0.39, 0.29) is 6.04 Å². The maximum atomic E-state index is 14.3. The molecule has 0 saturated carbocycles. The van der Waals surface area contributed by atoms with Gasteiger partial charge in [0.25, 0.3) is 0 Å². The summed E-state index contributed by atoms with van der Waals surface area (Å²) in [4.78, 5) is 2.97. The van der Waals surface area contributed by atoms with E-state index in [9.17, 15) is 8.42 Å². The zero-order chi connectivity index (χ0) is 36.5. The molecule has 5 heteroatoms. The Balaban J connectivity index is 1.29. The van der Waals surface area contributed by atoms with Crippen molar-refractivity contribution in [3.8, 4) is 0 Å². The van der Waals surface area contributed by atoms with Gasteiger partial charge in [-0.2, -0.15) is 4.31 Å². The zero-order valence-corrected chi connectivity index (χ0v) is 32.9. The van der Waals surface area contributed by atoms with E-state index in [1.165, 1.54) is 100 Å². The van der Waals surface area contributed by atoms with Crippen molar-refractivity contribution in [3.63, 3.8) is 0 Å². The Kier molecular flexibility index (Phi) is 16.0. The summed E-state index contributed by atoms with van der Waals surface area (Å²) in [5.74, 6) is 0. The van der Waals surface area contributed by atoms with Gasteiger partial charge in [0.2, 0.25) is 10.0 Å². The number of rotatable bonds is 22. The molecule has 4 aromatic rings. The number of hydrogen-bond donors (Lipinski definition) is 0. The van der Waals surface area contributed by atoms with E-state index in [1.807, 2.05) is 23.4 Å². The van der Waals surface area contributed by atoms with Crippen LogP contribution in [0.15, 0.2) is 120 Å². The van der Waals surface area contributed by atoms with E-state index in [4.69, 9.17) is 0 Å². The van der Waals surface area contributed by atoms with Crippen molar-refractivity contribution in [3.05, 3.63) is 138 Å². The van der Waals surface area contributed by atoms with Gasteiger partial charge >= 0.3 is 0 Å². The molecule has 4 aromatic carbocycles. The highest BCUT2D eigenvalue weighted by atomic mass is 32.2. The first-order valence-corrected chi connectivity index (χ1v) is 21.9. The molecule has 1 fully saturated rings. The Bertz CT molecular complexity index is 1560. The Labute approximate surface area is 316 Å². The minimum absolute atomic E-state index is 0.127. The standard InChI is InChI=1S/C47H64N2O2S/c1-3-4-5-6-7-8-9-10-11-12-13-14-15-16-26-33-45-40-48(38-39-49(45)52(50,51)46-36-34-41(2)35-37-46)47(42-27-20-17-21-28-42,43-29-22-18-23-30-43)44-31-24-19-25-32-44/h17-25,27-32,34-37,45H,3-16,26,33,38-40H2,1-2H3. The van der Waals surface area contributed by atoms with Gasteiger partial charge in [-0.25, -0.2) is 8.42 Å². The van der Waals surface area contributed by atoms with E-state index in [0.29, 0.717) is 24.5 Å². The van der Waals surface area contributed by atoms with Crippen molar-refractivity contribution in [2.45, 2.75) is 133 Å². The second-order valence-corrected chi connectivity index (χ2v) is 17.0. The van der Waals surface area contributed by atoms with Crippen LogP contribution in [0.25, 0.3) is 0 Å². The minimum Gasteiger partial charge on any atom is -0.283 e. The van der Waals surface area contributed by atoms with Gasteiger partial charge in [0.1, 0.15) is 0 Å². The van der Waals surface area contributed by atoms with E-state index in [2.05, 4.69) is 103 Å². The first-order chi connectivity index (χ1) is 25.5. The largest absolute Gasteiger partial charge is 0.283 e. The van der Waals surface area contributed by atoms with Crippen molar-refractivity contribution in [1.82, 2.24) is 9.21 Å². The SMILES string of the molecule is CCCCCCCCCCCCCCCCCC1CN(C(c2ccccc2)(c2ccccc2)c2ccccc2)CCN1S(=O)(=O)c1ccc(C)cc1. The second kappa shape index (κ2) is 20.8. The maximum absolute atomic E-state index is 14.3. The number of unbranched alkanes of at least 4 members (excludes halogenated alkanes) is 14. The van der Waals surface area contributed by atoms with Crippen LogP contribution in [-0.2, 0) is 15.6 Å². The number of sulfonamides is 1. The molecule has 1 saturated heterocycles. The van der Waals surface area contributed by atoms with Crippen LogP contribution in [-0.4, -0.2) is 43.3 Å². The minimum atomic E-state index is -3.65. The smallest absolute Gasteiger partial charge is 0.243 e. The summed E-state index contributed by atoms with van der Waals surface area (Å²) in [6.07, 6.45) is 20.7. The van der Waals surface area contributed by atoms with Gasteiger partial charge in [-0.1, -0.05) is 212 Å². The summed E-state index contributed by atoms with van der Waals surface area (Å²) in [7, 11) is -3.65. The fourth-order valence-corrected chi connectivity index (χ4v) is 10.0. The molecule has 0 bridgehead atoms. The van der Waals surface area contributed by atoms with Gasteiger partial charge in [-0.3, -0.25) is 4.90 Å². The normalized spacial score (nSPS) is 15.9. The lowest BCUT2D eigenvalue weighted by atomic mass is 9.75. The van der Waals surface area contributed by atoms with Crippen LogP contribution in [0.5, 0.6) is 0 Å². The van der Waals surface area contributed by atoms with Crippen molar-refractivity contribution in [1.29, 1.82) is 0 Å². The van der Waals surface area contributed by atoms with Gasteiger partial charge in [-0.05, 0) is 42.2 Å². The monoisotopic (exact) mass is 720 g/mol. The summed E-state index contributed by atoms with van der Waals surface area (Å²) in [5.41, 5.74) is 4.11. The lowest BCUT2D eigenvalue weighted by molar-refractivity contribution is 0.0664. The number of aryl methyl sites for hydroxylation is 1. The maximum Gasteiger partial charge on any atom is 0.243 e. The number of benzene rings is 4. The average molecular weight is 721 g/mol. The molecule has 5 rings (SSSR count). The number of piperazine rings is 1. The molecule has 1 atom stereocenters. The van der Waals surface area contributed by atoms with Crippen LogP contribution < -0.4 is 0 Å². The second-order valence-electron chi connectivity index (χ2n) is 15.1. The van der Waals surface area contributed by atoms with Crippen molar-refractivity contribution in [2.24, 2.45) is 0 Å². The molecule has 52 heavy (non-hydrogen) atoms. The topological polar surface area (TPSA) is 40.6 Å². The van der Waals surface area contributed by atoms with E-state index in [0.717, 1.165) is 24.8 Å². The average Bonchev–Trinajstić information content (AvgIpc) is 3.18. The molecule has 0 spiro atoms. The molecule has 0 aliphatic carbocycles. The van der Waals surface area contributed by atoms with Crippen molar-refractivity contribution < 1.29 is 8.42 Å². The molecule has 4 nitrogen and oxygen atoms in total. The quantitative estimate of drug-likeness (QED) is 0.0599. The summed E-state index contributed by atoms with van der Waals surface area (Å²) >= 11 is 0. The van der Waals surface area contributed by atoms with Crippen LogP contribution in [0, 0.1) is 6.92 Å². The molecule has 280 valence electrons. The molecule has 1 aliphatic rings. The van der Waals surface area contributed by atoms with Crippen LogP contribution in [0.1, 0.15) is 132 Å². The van der Waals surface area contributed by atoms with E-state index in [1.54, 1.807) is 12.1 Å². The molecule has 0 amide bonds. The van der Waals surface area contributed by atoms with E-state index < -0.39 is 15.6 Å². The van der Waals surface area contributed by atoms with Crippen LogP contribution in [0.2, 0.25) is 0 Å². The summed E-state index contributed by atoms with van der Waals surface area (Å²) < 4.78 is 30.5. The Morgan fingerprint density at radius 1 is 0.538 bits per heavy atom. The first-order valence-electron chi connectivity index (χ1n) is 20.5. The molecule has 1 aliphatic heterocycles. The highest BCUT2D eigenvalue weighted by Gasteiger charge is 2.47. The van der Waals surface area contributed by atoms with Gasteiger partial charge < -0.3 is 0 Å². The van der Waals surface area contributed by atoms with Crippen LogP contribution in [0.4, 0.5) is 0 Å². The van der Waals surface area contributed by atoms with Gasteiger partial charge in [0.05, 0.1) is 10.4 Å².